The van der Waals surface area contributed by atoms with Gasteiger partial charge in [0.05, 0.1) is 26.4 Å². The Hall–Kier alpha value is -4.02. The van der Waals surface area contributed by atoms with E-state index in [1.165, 1.54) is 12.1 Å². The van der Waals surface area contributed by atoms with Crippen LogP contribution in [0, 0.1) is 0 Å². The molecule has 0 spiro atoms. The van der Waals surface area contributed by atoms with Crippen LogP contribution in [0.2, 0.25) is 0 Å². The van der Waals surface area contributed by atoms with Gasteiger partial charge < -0.3 is 29.2 Å². The van der Waals surface area contributed by atoms with E-state index in [4.69, 9.17) is 18.9 Å². The number of azo groups is 2. The number of phenolic OH excluding ortho intramolecular Hbond substituents is 2. The Bertz CT molecular complexity index is 1170. The van der Waals surface area contributed by atoms with Crippen molar-refractivity contribution < 1.29 is 29.2 Å². The van der Waals surface area contributed by atoms with Crippen LogP contribution in [0.5, 0.6) is 23.0 Å². The first kappa shape index (κ1) is 23.1. The van der Waals surface area contributed by atoms with Crippen LogP contribution in [0.4, 0.5) is 22.7 Å². The molecule has 2 N–H and O–H groups in total. The van der Waals surface area contributed by atoms with Crippen molar-refractivity contribution in [3.05, 3.63) is 60.7 Å². The maximum atomic E-state index is 10.7. The summed E-state index contributed by atoms with van der Waals surface area (Å²) in [5.41, 5.74) is 0.867. The SMILES string of the molecule is Oc1ccc2c(O)c1N=Nc1ccccc1OCCOCCOCCOc1ccccc1N=N2. The van der Waals surface area contributed by atoms with E-state index in [9.17, 15) is 10.2 Å². The lowest BCUT2D eigenvalue weighted by Crippen LogP contribution is -2.13. The summed E-state index contributed by atoms with van der Waals surface area (Å²) in [6.45, 7) is 2.22. The van der Waals surface area contributed by atoms with Crippen molar-refractivity contribution >= 4 is 22.7 Å². The van der Waals surface area contributed by atoms with Gasteiger partial charge >= 0.3 is 0 Å². The normalized spacial score (nSPS) is 15.2. The molecule has 0 amide bonds. The monoisotopic (exact) mass is 464 g/mol. The van der Waals surface area contributed by atoms with Gasteiger partial charge in [0.15, 0.2) is 11.4 Å². The summed E-state index contributed by atoms with van der Waals surface area (Å²) in [7, 11) is 0. The van der Waals surface area contributed by atoms with E-state index in [2.05, 4.69) is 20.5 Å². The number of rotatable bonds is 0. The lowest BCUT2D eigenvalue weighted by Gasteiger charge is -2.10. The summed E-state index contributed by atoms with van der Waals surface area (Å²) >= 11 is 0. The second-order valence-electron chi connectivity index (χ2n) is 7.06. The molecule has 4 rings (SSSR count). The standard InChI is InChI=1S/C24H24N4O6/c29-20-10-9-19-24(30)23(20)28-26-18-6-2-4-8-22(18)34-16-14-32-12-11-31-13-15-33-21-7-3-1-5-17(21)25-27-19/h1-10,29-30H,11-16H2. The molecule has 0 saturated carbocycles. The molecule has 1 aliphatic rings. The molecule has 0 atom stereocenters. The number of nitrogens with zero attached hydrogens (tertiary/aromatic N) is 4. The minimum atomic E-state index is -0.364. The molecule has 3 aromatic rings. The van der Waals surface area contributed by atoms with Crippen LogP contribution < -0.4 is 9.47 Å². The maximum Gasteiger partial charge on any atom is 0.174 e. The van der Waals surface area contributed by atoms with Crippen molar-refractivity contribution in [3.63, 3.8) is 0 Å². The highest BCUT2D eigenvalue weighted by Crippen LogP contribution is 2.44. The van der Waals surface area contributed by atoms with Crippen molar-refractivity contribution in [2.24, 2.45) is 20.5 Å². The zero-order valence-electron chi connectivity index (χ0n) is 18.3. The van der Waals surface area contributed by atoms with E-state index in [0.717, 1.165) is 0 Å². The molecule has 0 unspecified atom stereocenters. The van der Waals surface area contributed by atoms with E-state index in [1.807, 2.05) is 6.07 Å². The Morgan fingerprint density at radius 1 is 0.529 bits per heavy atom. The first-order valence-corrected chi connectivity index (χ1v) is 10.7. The third-order valence-corrected chi connectivity index (χ3v) is 4.70. The van der Waals surface area contributed by atoms with Gasteiger partial charge in [-0.2, -0.15) is 0 Å². The molecule has 0 aromatic heterocycles. The number of phenols is 2. The van der Waals surface area contributed by atoms with Crippen molar-refractivity contribution in [1.82, 2.24) is 0 Å². The van der Waals surface area contributed by atoms with Gasteiger partial charge in [0.1, 0.15) is 47.5 Å². The summed E-state index contributed by atoms with van der Waals surface area (Å²) in [6.07, 6.45) is 0. The van der Waals surface area contributed by atoms with E-state index < -0.39 is 0 Å². The van der Waals surface area contributed by atoms with Crippen LogP contribution >= 0.6 is 0 Å². The summed E-state index contributed by atoms with van der Waals surface area (Å²) in [5, 5.41) is 37.4. The number of ether oxygens (including phenoxy) is 4. The molecule has 34 heavy (non-hydrogen) atoms. The molecule has 0 aliphatic carbocycles. The average Bonchev–Trinajstić information content (AvgIpc) is 2.85. The van der Waals surface area contributed by atoms with Gasteiger partial charge in [0, 0.05) is 0 Å². The largest absolute Gasteiger partial charge is 0.505 e. The Balaban J connectivity index is 1.66. The van der Waals surface area contributed by atoms with Crippen LogP contribution in [-0.2, 0) is 9.47 Å². The highest BCUT2D eigenvalue weighted by molar-refractivity contribution is 5.71. The van der Waals surface area contributed by atoms with Crippen LogP contribution in [0.1, 0.15) is 0 Å². The Kier molecular flexibility index (Phi) is 7.99. The van der Waals surface area contributed by atoms with Crippen LogP contribution in [0.3, 0.4) is 0 Å². The highest BCUT2D eigenvalue weighted by atomic mass is 16.6. The molecule has 176 valence electrons. The first-order valence-electron chi connectivity index (χ1n) is 10.7. The summed E-state index contributed by atoms with van der Waals surface area (Å²) in [4.78, 5) is 0. The summed E-state index contributed by atoms with van der Waals surface area (Å²) in [6, 6.07) is 16.9. The summed E-state index contributed by atoms with van der Waals surface area (Å²) in [5.74, 6) is 0.385. The molecule has 3 aromatic carbocycles. The number of benzene rings is 3. The van der Waals surface area contributed by atoms with Gasteiger partial charge in [0.25, 0.3) is 0 Å². The molecular formula is C24H24N4O6. The molecule has 0 fully saturated rings. The van der Waals surface area contributed by atoms with E-state index >= 15 is 0 Å². The fraction of sp³-hybridized carbons (Fsp3) is 0.250. The molecule has 0 saturated heterocycles. The fourth-order valence-electron chi connectivity index (χ4n) is 3.02. The van der Waals surface area contributed by atoms with Crippen molar-refractivity contribution in [2.45, 2.75) is 0 Å². The third-order valence-electron chi connectivity index (χ3n) is 4.70. The molecule has 0 radical (unpaired) electrons. The molecule has 1 heterocycles. The number of para-hydroxylation sites is 2. The Morgan fingerprint density at radius 2 is 1.03 bits per heavy atom. The van der Waals surface area contributed by atoms with E-state index in [0.29, 0.717) is 62.5 Å². The van der Waals surface area contributed by atoms with Crippen molar-refractivity contribution in [1.29, 1.82) is 0 Å². The molecule has 10 nitrogen and oxygen atoms in total. The average molecular weight is 464 g/mol. The highest BCUT2D eigenvalue weighted by Gasteiger charge is 2.13. The van der Waals surface area contributed by atoms with Gasteiger partial charge in [-0.3, -0.25) is 0 Å². The number of hydrogen-bond acceptors (Lipinski definition) is 10. The van der Waals surface area contributed by atoms with E-state index in [1.54, 1.807) is 42.5 Å². The van der Waals surface area contributed by atoms with Gasteiger partial charge in [-0.05, 0) is 36.4 Å². The van der Waals surface area contributed by atoms with Crippen molar-refractivity contribution in [3.8, 4) is 23.0 Å². The smallest absolute Gasteiger partial charge is 0.174 e. The van der Waals surface area contributed by atoms with Crippen LogP contribution in [0.15, 0.2) is 81.1 Å². The molecular weight excluding hydrogens is 440 g/mol. The molecule has 2 bridgehead atoms. The Morgan fingerprint density at radius 3 is 1.65 bits per heavy atom. The zero-order valence-corrected chi connectivity index (χ0v) is 18.3. The fourth-order valence-corrected chi connectivity index (χ4v) is 3.02. The first-order chi connectivity index (χ1) is 16.7. The second-order valence-corrected chi connectivity index (χ2v) is 7.06. The lowest BCUT2D eigenvalue weighted by atomic mass is 10.2. The van der Waals surface area contributed by atoms with Gasteiger partial charge in [0.2, 0.25) is 0 Å². The maximum absolute atomic E-state index is 10.7. The minimum Gasteiger partial charge on any atom is -0.505 e. The molecule has 10 heteroatoms. The number of hydrogen-bond donors (Lipinski definition) is 2. The van der Waals surface area contributed by atoms with Crippen LogP contribution in [0.25, 0.3) is 0 Å². The zero-order chi connectivity index (χ0) is 23.6. The summed E-state index contributed by atoms with van der Waals surface area (Å²) < 4.78 is 22.5. The number of fused-ring (bicyclic) bond motifs is 4. The quantitative estimate of drug-likeness (QED) is 0.437. The predicted molar refractivity (Wildman–Crippen MR) is 124 cm³/mol. The topological polar surface area (TPSA) is 127 Å². The van der Waals surface area contributed by atoms with E-state index in [-0.39, 0.29) is 22.9 Å². The minimum absolute atomic E-state index is 0.109. The second kappa shape index (κ2) is 11.7. The molecule has 1 aliphatic heterocycles. The Labute approximate surface area is 196 Å². The predicted octanol–water partition coefficient (Wildman–Crippen LogP) is 5.73. The van der Waals surface area contributed by atoms with Gasteiger partial charge in [-0.15, -0.1) is 20.5 Å². The van der Waals surface area contributed by atoms with Gasteiger partial charge in [-0.1, -0.05) is 24.3 Å². The number of aromatic hydroxyl groups is 2. The van der Waals surface area contributed by atoms with Gasteiger partial charge in [-0.25, -0.2) is 0 Å². The third kappa shape index (κ3) is 6.06. The lowest BCUT2D eigenvalue weighted by molar-refractivity contribution is 0.0274. The van der Waals surface area contributed by atoms with Crippen molar-refractivity contribution in [2.75, 3.05) is 39.6 Å². The van der Waals surface area contributed by atoms with Crippen LogP contribution in [-0.4, -0.2) is 49.9 Å².